The first-order chi connectivity index (χ1) is 10.2. The topological polar surface area (TPSA) is 75.0 Å². The Balaban J connectivity index is 0.00000176. The number of benzene rings is 2. The number of carboxylic acid groups (broad SMARTS) is 1. The summed E-state index contributed by atoms with van der Waals surface area (Å²) < 4.78 is 0.931. The predicted molar refractivity (Wildman–Crippen MR) is 76.4 cm³/mol. The van der Waals surface area contributed by atoms with E-state index < -0.39 is 18.1 Å². The van der Waals surface area contributed by atoms with Crippen LogP contribution in [0.1, 0.15) is 0 Å². The fraction of sp³-hybridized carbons (Fsp3) is 0.0625. The minimum Gasteiger partial charge on any atom is -0.548 e. The number of carboxylic acids is 1. The van der Waals surface area contributed by atoms with Gasteiger partial charge in [0.1, 0.15) is 0 Å². The minimum atomic E-state index is -1.35. The van der Waals surface area contributed by atoms with E-state index in [0.29, 0.717) is 16.5 Å². The number of carbonyl (C=O) groups is 1. The molecule has 3 rings (SSSR count). The first-order valence-corrected chi connectivity index (χ1v) is 6.42. The molecule has 0 bridgehead atoms. The van der Waals surface area contributed by atoms with E-state index in [4.69, 9.17) is 0 Å². The fourth-order valence-electron chi connectivity index (χ4n) is 2.27. The zero-order chi connectivity index (χ0) is 14.8. The van der Waals surface area contributed by atoms with Crippen molar-refractivity contribution in [3.63, 3.8) is 0 Å². The van der Waals surface area contributed by atoms with Crippen LogP contribution < -0.4 is 40.2 Å². The van der Waals surface area contributed by atoms with E-state index in [1.807, 2.05) is 36.4 Å². The molecule has 6 heteroatoms. The van der Waals surface area contributed by atoms with Gasteiger partial charge in [0.15, 0.2) is 0 Å². The Morgan fingerprint density at radius 1 is 1.00 bits per heavy atom. The maximum Gasteiger partial charge on any atom is 1.00 e. The van der Waals surface area contributed by atoms with E-state index in [-0.39, 0.29) is 29.6 Å². The SMILES string of the molecule is O=C([O-])Cn1nc(-c2ccccc2)c2ccccc2c1=O.[Na+]. The Bertz CT molecular complexity index is 875. The Kier molecular flexibility index (Phi) is 5.13. The number of rotatable bonds is 3. The molecule has 0 aliphatic heterocycles. The van der Waals surface area contributed by atoms with Crippen molar-refractivity contribution in [2.24, 2.45) is 0 Å². The molecule has 0 unspecified atom stereocenters. The van der Waals surface area contributed by atoms with Crippen LogP contribution in [0.5, 0.6) is 0 Å². The quantitative estimate of drug-likeness (QED) is 0.516. The van der Waals surface area contributed by atoms with Gasteiger partial charge in [0.05, 0.1) is 23.6 Å². The van der Waals surface area contributed by atoms with Crippen molar-refractivity contribution in [1.29, 1.82) is 0 Å². The first-order valence-electron chi connectivity index (χ1n) is 6.42. The van der Waals surface area contributed by atoms with Crippen LogP contribution in [0.2, 0.25) is 0 Å². The summed E-state index contributed by atoms with van der Waals surface area (Å²) in [5.74, 6) is -1.35. The van der Waals surface area contributed by atoms with Crippen LogP contribution in [-0.2, 0) is 11.3 Å². The third-order valence-corrected chi connectivity index (χ3v) is 3.19. The average Bonchev–Trinajstić information content (AvgIpc) is 2.51. The molecule has 3 aromatic rings. The van der Waals surface area contributed by atoms with Gasteiger partial charge in [-0.1, -0.05) is 48.5 Å². The van der Waals surface area contributed by atoms with Gasteiger partial charge in [0.25, 0.3) is 5.56 Å². The summed E-state index contributed by atoms with van der Waals surface area (Å²) in [6.07, 6.45) is 0. The maximum absolute atomic E-state index is 12.3. The second-order valence-corrected chi connectivity index (χ2v) is 4.60. The minimum absolute atomic E-state index is 0. The molecule has 0 saturated carbocycles. The number of carbonyl (C=O) groups excluding carboxylic acids is 1. The number of fused-ring (bicyclic) bond motifs is 1. The van der Waals surface area contributed by atoms with Crippen molar-refractivity contribution in [2.45, 2.75) is 6.54 Å². The van der Waals surface area contributed by atoms with Gasteiger partial charge in [-0.2, -0.15) is 5.10 Å². The van der Waals surface area contributed by atoms with Crippen molar-refractivity contribution < 1.29 is 39.5 Å². The summed E-state index contributed by atoms with van der Waals surface area (Å²) in [5, 5.41) is 16.1. The summed E-state index contributed by atoms with van der Waals surface area (Å²) >= 11 is 0. The zero-order valence-corrected chi connectivity index (χ0v) is 14.0. The molecule has 0 radical (unpaired) electrons. The van der Waals surface area contributed by atoms with Gasteiger partial charge in [0, 0.05) is 10.9 Å². The summed E-state index contributed by atoms with van der Waals surface area (Å²) in [5.41, 5.74) is 0.960. The standard InChI is InChI=1S/C16H12N2O3.Na/c19-14(20)10-18-16(21)13-9-5-4-8-12(13)15(17-18)11-6-2-1-3-7-11;/h1-9H,10H2,(H,19,20);/q;+1/p-1. The van der Waals surface area contributed by atoms with Crippen molar-refractivity contribution in [3.8, 4) is 11.3 Å². The van der Waals surface area contributed by atoms with Crippen LogP contribution in [-0.4, -0.2) is 15.7 Å². The van der Waals surface area contributed by atoms with E-state index in [9.17, 15) is 14.7 Å². The normalized spacial score (nSPS) is 10.2. The Labute approximate surface area is 148 Å². The molecule has 5 nitrogen and oxygen atoms in total. The molecule has 104 valence electrons. The molecular weight excluding hydrogens is 291 g/mol. The average molecular weight is 302 g/mol. The van der Waals surface area contributed by atoms with Crippen LogP contribution in [0.3, 0.4) is 0 Å². The summed E-state index contributed by atoms with van der Waals surface area (Å²) in [6.45, 7) is -0.566. The van der Waals surface area contributed by atoms with E-state index >= 15 is 0 Å². The number of hydrogen-bond donors (Lipinski definition) is 0. The Morgan fingerprint density at radius 3 is 2.23 bits per heavy atom. The second kappa shape index (κ2) is 6.87. The molecule has 0 saturated heterocycles. The smallest absolute Gasteiger partial charge is 0.548 e. The molecule has 22 heavy (non-hydrogen) atoms. The summed E-state index contributed by atoms with van der Waals surface area (Å²) in [7, 11) is 0. The first kappa shape index (κ1) is 16.4. The van der Waals surface area contributed by atoms with Gasteiger partial charge >= 0.3 is 29.6 Å². The van der Waals surface area contributed by atoms with Crippen LogP contribution in [0.25, 0.3) is 22.0 Å². The monoisotopic (exact) mass is 302 g/mol. The zero-order valence-electron chi connectivity index (χ0n) is 12.0. The van der Waals surface area contributed by atoms with Crippen molar-refractivity contribution >= 4 is 16.7 Å². The van der Waals surface area contributed by atoms with Crippen molar-refractivity contribution in [2.75, 3.05) is 0 Å². The molecular formula is C16H11N2NaO3. The number of aliphatic carboxylic acids is 1. The van der Waals surface area contributed by atoms with E-state index in [2.05, 4.69) is 5.10 Å². The third-order valence-electron chi connectivity index (χ3n) is 3.19. The van der Waals surface area contributed by atoms with Gasteiger partial charge in [-0.05, 0) is 6.07 Å². The molecule has 0 N–H and O–H groups in total. The molecule has 0 aliphatic carbocycles. The Hall–Kier alpha value is -1.95. The van der Waals surface area contributed by atoms with Gasteiger partial charge < -0.3 is 9.90 Å². The number of aromatic nitrogens is 2. The fourth-order valence-corrected chi connectivity index (χ4v) is 2.27. The largest absolute Gasteiger partial charge is 1.00 e. The van der Waals surface area contributed by atoms with Crippen LogP contribution in [0.15, 0.2) is 59.4 Å². The molecule has 0 spiro atoms. The second-order valence-electron chi connectivity index (χ2n) is 4.60. The van der Waals surface area contributed by atoms with Crippen LogP contribution in [0.4, 0.5) is 0 Å². The summed E-state index contributed by atoms with van der Waals surface area (Å²) in [6, 6.07) is 16.3. The molecule has 0 fully saturated rings. The van der Waals surface area contributed by atoms with E-state index in [1.165, 1.54) is 0 Å². The summed E-state index contributed by atoms with van der Waals surface area (Å²) in [4.78, 5) is 23.1. The molecule has 0 aliphatic rings. The van der Waals surface area contributed by atoms with Crippen molar-refractivity contribution in [1.82, 2.24) is 9.78 Å². The predicted octanol–water partition coefficient (Wildman–Crippen LogP) is -2.18. The van der Waals surface area contributed by atoms with Gasteiger partial charge in [0.2, 0.25) is 0 Å². The molecule has 2 aromatic carbocycles. The van der Waals surface area contributed by atoms with Crippen LogP contribution in [0, 0.1) is 0 Å². The van der Waals surface area contributed by atoms with E-state index in [1.54, 1.807) is 18.2 Å². The molecule has 0 atom stereocenters. The molecule has 0 amide bonds. The molecule has 1 aromatic heterocycles. The van der Waals surface area contributed by atoms with Gasteiger partial charge in [-0.3, -0.25) is 4.79 Å². The Morgan fingerprint density at radius 2 is 1.59 bits per heavy atom. The van der Waals surface area contributed by atoms with E-state index in [0.717, 1.165) is 10.2 Å². The van der Waals surface area contributed by atoms with Crippen molar-refractivity contribution in [3.05, 3.63) is 65.0 Å². The van der Waals surface area contributed by atoms with Crippen LogP contribution >= 0.6 is 0 Å². The third kappa shape index (κ3) is 3.11. The number of hydrogen-bond acceptors (Lipinski definition) is 4. The van der Waals surface area contributed by atoms with Gasteiger partial charge in [-0.15, -0.1) is 0 Å². The van der Waals surface area contributed by atoms with Gasteiger partial charge in [-0.25, -0.2) is 4.68 Å². The number of nitrogens with zero attached hydrogens (tertiary/aromatic N) is 2. The maximum atomic E-state index is 12.3. The molecule has 1 heterocycles.